The zero-order valence-electron chi connectivity index (χ0n) is 11.0. The predicted molar refractivity (Wildman–Crippen MR) is 68.0 cm³/mol. The minimum atomic E-state index is -1.03. The Morgan fingerprint density at radius 1 is 0.833 bits per heavy atom. The van der Waals surface area contributed by atoms with E-state index >= 15 is 0 Å². The Kier molecular flexibility index (Phi) is 9.91. The third-order valence-corrected chi connectivity index (χ3v) is 2.60. The highest BCUT2D eigenvalue weighted by atomic mass is 16.4. The van der Waals surface area contributed by atoms with Crippen molar-refractivity contribution in [2.75, 3.05) is 0 Å². The molecule has 2 amide bonds. The smallest absolute Gasteiger partial charge is 0.303 e. The normalized spacial score (nSPS) is 10.1. The number of rotatable bonds is 10. The van der Waals surface area contributed by atoms with Crippen LogP contribution in [0, 0.1) is 0 Å². The summed E-state index contributed by atoms with van der Waals surface area (Å²) >= 11 is 0. The molecule has 0 aromatic heterocycles. The Bertz CT molecular complexity index is 276. The van der Waals surface area contributed by atoms with E-state index in [9.17, 15) is 14.4 Å². The highest BCUT2D eigenvalue weighted by Crippen LogP contribution is 2.06. The van der Waals surface area contributed by atoms with Crippen LogP contribution in [0.15, 0.2) is 0 Å². The molecule has 104 valence electrons. The maximum Gasteiger partial charge on any atom is 0.303 e. The molecule has 0 fully saturated rings. The van der Waals surface area contributed by atoms with Gasteiger partial charge in [-0.3, -0.25) is 19.7 Å². The largest absolute Gasteiger partial charge is 0.481 e. The van der Waals surface area contributed by atoms with Crippen molar-refractivity contribution in [3.63, 3.8) is 0 Å². The first kappa shape index (κ1) is 16.6. The van der Waals surface area contributed by atoms with Crippen LogP contribution in [0.3, 0.4) is 0 Å². The molecule has 5 heteroatoms. The summed E-state index contributed by atoms with van der Waals surface area (Å²) in [6.07, 6.45) is 6.46. The van der Waals surface area contributed by atoms with Gasteiger partial charge in [-0.05, 0) is 6.42 Å². The van der Waals surface area contributed by atoms with Gasteiger partial charge in [0, 0.05) is 12.8 Å². The van der Waals surface area contributed by atoms with Crippen molar-refractivity contribution in [1.29, 1.82) is 0 Å². The number of hydrogen-bond donors (Lipinski definition) is 2. The Hall–Kier alpha value is -1.39. The molecule has 0 atom stereocenters. The summed E-state index contributed by atoms with van der Waals surface area (Å²) in [6.45, 7) is 2.15. The van der Waals surface area contributed by atoms with E-state index in [-0.39, 0.29) is 18.7 Å². The maximum absolute atomic E-state index is 11.3. The van der Waals surface area contributed by atoms with Crippen molar-refractivity contribution in [3.8, 4) is 0 Å². The fourth-order valence-electron chi connectivity index (χ4n) is 1.57. The zero-order chi connectivity index (χ0) is 13.8. The van der Waals surface area contributed by atoms with Crippen molar-refractivity contribution in [2.24, 2.45) is 0 Å². The summed E-state index contributed by atoms with van der Waals surface area (Å²) < 4.78 is 0. The SMILES string of the molecule is CCCCCCCCC(=O)NC(=O)CCC(=O)O. The number of nitrogens with one attached hydrogen (secondary N) is 1. The molecule has 2 N–H and O–H groups in total. The summed E-state index contributed by atoms with van der Waals surface area (Å²) in [4.78, 5) is 32.7. The zero-order valence-corrected chi connectivity index (χ0v) is 11.0. The van der Waals surface area contributed by atoms with E-state index in [0.717, 1.165) is 19.3 Å². The molecule has 0 radical (unpaired) electrons. The number of carboxylic acid groups (broad SMARTS) is 1. The lowest BCUT2D eigenvalue weighted by atomic mass is 10.1. The third-order valence-electron chi connectivity index (χ3n) is 2.60. The quantitative estimate of drug-likeness (QED) is 0.588. The van der Waals surface area contributed by atoms with Gasteiger partial charge in [-0.1, -0.05) is 39.0 Å². The van der Waals surface area contributed by atoms with Crippen LogP contribution in [0.5, 0.6) is 0 Å². The highest BCUT2D eigenvalue weighted by Gasteiger charge is 2.09. The second kappa shape index (κ2) is 10.7. The molecule has 0 heterocycles. The molecule has 0 aromatic rings. The van der Waals surface area contributed by atoms with E-state index in [1.165, 1.54) is 19.3 Å². The van der Waals surface area contributed by atoms with Gasteiger partial charge in [0.2, 0.25) is 11.8 Å². The molecular weight excluding hydrogens is 234 g/mol. The van der Waals surface area contributed by atoms with Gasteiger partial charge in [0.05, 0.1) is 6.42 Å². The number of unbranched alkanes of at least 4 members (excludes halogenated alkanes) is 5. The lowest BCUT2D eigenvalue weighted by Crippen LogP contribution is -2.30. The summed E-state index contributed by atoms with van der Waals surface area (Å²) in [7, 11) is 0. The maximum atomic E-state index is 11.3. The predicted octanol–water partition coefficient (Wildman–Crippen LogP) is 2.24. The van der Waals surface area contributed by atoms with E-state index in [4.69, 9.17) is 5.11 Å². The first-order valence-electron chi connectivity index (χ1n) is 6.60. The number of carbonyl (C=O) groups is 3. The summed E-state index contributed by atoms with van der Waals surface area (Å²) in [5, 5.41) is 10.6. The number of amides is 2. The lowest BCUT2D eigenvalue weighted by Gasteiger charge is -2.03. The first-order valence-corrected chi connectivity index (χ1v) is 6.60. The van der Waals surface area contributed by atoms with Gasteiger partial charge in [0.25, 0.3) is 0 Å². The standard InChI is InChI=1S/C13H23NO4/c1-2-3-4-5-6-7-8-11(15)14-12(16)9-10-13(17)18/h2-10H2,1H3,(H,17,18)(H,14,15,16). The number of carboxylic acids is 1. The fourth-order valence-corrected chi connectivity index (χ4v) is 1.57. The minimum absolute atomic E-state index is 0.141. The van der Waals surface area contributed by atoms with Crippen molar-refractivity contribution >= 4 is 17.8 Å². The molecule has 0 unspecified atom stereocenters. The van der Waals surface area contributed by atoms with Gasteiger partial charge >= 0.3 is 5.97 Å². The van der Waals surface area contributed by atoms with E-state index in [1.807, 2.05) is 0 Å². The van der Waals surface area contributed by atoms with Gasteiger partial charge in [-0.25, -0.2) is 0 Å². The lowest BCUT2D eigenvalue weighted by molar-refractivity contribution is -0.140. The van der Waals surface area contributed by atoms with Crippen LogP contribution >= 0.6 is 0 Å². The van der Waals surface area contributed by atoms with Gasteiger partial charge in [0.15, 0.2) is 0 Å². The van der Waals surface area contributed by atoms with Crippen molar-refractivity contribution in [2.45, 2.75) is 64.7 Å². The molecule has 18 heavy (non-hydrogen) atoms. The van der Waals surface area contributed by atoms with E-state index in [0.29, 0.717) is 6.42 Å². The first-order chi connectivity index (χ1) is 8.56. The molecule has 0 aliphatic carbocycles. The topological polar surface area (TPSA) is 83.5 Å². The van der Waals surface area contributed by atoms with Crippen LogP contribution in [0.25, 0.3) is 0 Å². The number of carbonyl (C=O) groups excluding carboxylic acids is 2. The van der Waals surface area contributed by atoms with Crippen LogP contribution in [-0.2, 0) is 14.4 Å². The van der Waals surface area contributed by atoms with Gasteiger partial charge in [-0.2, -0.15) is 0 Å². The monoisotopic (exact) mass is 257 g/mol. The summed E-state index contributed by atoms with van der Waals surface area (Å²) in [5.41, 5.74) is 0. The molecule has 0 aliphatic rings. The average Bonchev–Trinajstić information content (AvgIpc) is 2.31. The molecular formula is C13H23NO4. The second-order valence-electron chi connectivity index (χ2n) is 4.38. The molecule has 0 bridgehead atoms. The molecule has 0 spiro atoms. The third kappa shape index (κ3) is 11.1. The molecule has 0 aliphatic heterocycles. The van der Waals surface area contributed by atoms with Crippen LogP contribution in [-0.4, -0.2) is 22.9 Å². The Morgan fingerprint density at radius 3 is 2.00 bits per heavy atom. The van der Waals surface area contributed by atoms with E-state index < -0.39 is 11.9 Å². The van der Waals surface area contributed by atoms with Crippen molar-refractivity contribution < 1.29 is 19.5 Å². The van der Waals surface area contributed by atoms with Crippen LogP contribution in [0.2, 0.25) is 0 Å². The second-order valence-corrected chi connectivity index (χ2v) is 4.38. The van der Waals surface area contributed by atoms with Crippen molar-refractivity contribution in [1.82, 2.24) is 5.32 Å². The van der Waals surface area contributed by atoms with Crippen molar-refractivity contribution in [3.05, 3.63) is 0 Å². The van der Waals surface area contributed by atoms with Crippen LogP contribution in [0.4, 0.5) is 0 Å². The van der Waals surface area contributed by atoms with Gasteiger partial charge < -0.3 is 5.11 Å². The number of hydrogen-bond acceptors (Lipinski definition) is 3. The van der Waals surface area contributed by atoms with E-state index in [2.05, 4.69) is 12.2 Å². The summed E-state index contributed by atoms with van der Waals surface area (Å²) in [5.74, 6) is -1.84. The summed E-state index contributed by atoms with van der Waals surface area (Å²) in [6, 6.07) is 0. The average molecular weight is 257 g/mol. The van der Waals surface area contributed by atoms with Crippen LogP contribution in [0.1, 0.15) is 64.7 Å². The molecule has 5 nitrogen and oxygen atoms in total. The number of aliphatic carboxylic acids is 1. The van der Waals surface area contributed by atoms with Gasteiger partial charge in [-0.15, -0.1) is 0 Å². The molecule has 0 rings (SSSR count). The molecule has 0 saturated carbocycles. The highest BCUT2D eigenvalue weighted by molar-refractivity contribution is 5.95. The fraction of sp³-hybridized carbons (Fsp3) is 0.769. The Labute approximate surface area is 108 Å². The molecule has 0 aromatic carbocycles. The molecule has 0 saturated heterocycles. The van der Waals surface area contributed by atoms with Gasteiger partial charge in [0.1, 0.15) is 0 Å². The Balaban J connectivity index is 3.47. The minimum Gasteiger partial charge on any atom is -0.481 e. The van der Waals surface area contributed by atoms with Crippen LogP contribution < -0.4 is 5.32 Å². The van der Waals surface area contributed by atoms with E-state index in [1.54, 1.807) is 0 Å². The Morgan fingerprint density at radius 2 is 1.39 bits per heavy atom. The number of imide groups is 1.